The number of carbonyl (C=O) groups excluding carboxylic acids is 2. The van der Waals surface area contributed by atoms with E-state index in [1.54, 1.807) is 12.1 Å². The topological polar surface area (TPSA) is 55.4 Å². The number of thioether (sulfide) groups is 1. The molecule has 2 atom stereocenters. The molecule has 0 saturated heterocycles. The van der Waals surface area contributed by atoms with Crippen molar-refractivity contribution in [2.45, 2.75) is 29.9 Å². The third-order valence-electron chi connectivity index (χ3n) is 4.46. The number of rotatable bonds is 2. The van der Waals surface area contributed by atoms with Crippen LogP contribution in [0.25, 0.3) is 0 Å². The summed E-state index contributed by atoms with van der Waals surface area (Å²) >= 11 is 1.81. The van der Waals surface area contributed by atoms with Gasteiger partial charge in [0.1, 0.15) is 0 Å². The first-order valence-electron chi connectivity index (χ1n) is 8.03. The summed E-state index contributed by atoms with van der Waals surface area (Å²) in [6.07, 6.45) is 0.552. The van der Waals surface area contributed by atoms with Crippen molar-refractivity contribution in [2.75, 3.05) is 5.75 Å². The number of esters is 1. The molecular formula is C19H17NO3S. The van der Waals surface area contributed by atoms with Crippen LogP contribution in [-0.2, 0) is 16.0 Å². The summed E-state index contributed by atoms with van der Waals surface area (Å²) < 4.78 is 5.35. The minimum absolute atomic E-state index is 0.0224. The van der Waals surface area contributed by atoms with Gasteiger partial charge in [-0.3, -0.25) is 4.79 Å². The maximum atomic E-state index is 12.6. The molecular weight excluding hydrogens is 322 g/mol. The van der Waals surface area contributed by atoms with Gasteiger partial charge in [0.2, 0.25) is 0 Å². The Morgan fingerprint density at radius 1 is 1.12 bits per heavy atom. The minimum atomic E-state index is -0.755. The maximum Gasteiger partial charge on any atom is 0.339 e. The highest BCUT2D eigenvalue weighted by atomic mass is 32.2. The van der Waals surface area contributed by atoms with E-state index in [4.69, 9.17) is 4.74 Å². The van der Waals surface area contributed by atoms with Crippen molar-refractivity contribution in [3.8, 4) is 0 Å². The largest absolute Gasteiger partial charge is 0.448 e. The van der Waals surface area contributed by atoms with Crippen molar-refractivity contribution >= 4 is 23.6 Å². The van der Waals surface area contributed by atoms with Crippen LogP contribution < -0.4 is 5.32 Å². The average Bonchev–Trinajstić information content (AvgIpc) is 2.62. The van der Waals surface area contributed by atoms with Crippen LogP contribution in [0.2, 0.25) is 0 Å². The Balaban J connectivity index is 1.51. The Kier molecular flexibility index (Phi) is 4.02. The van der Waals surface area contributed by atoms with Crippen molar-refractivity contribution in [1.82, 2.24) is 5.32 Å². The Hall–Kier alpha value is -2.27. The molecule has 4 nitrogen and oxygen atoms in total. The molecule has 2 heterocycles. The van der Waals surface area contributed by atoms with Gasteiger partial charge in [-0.15, -0.1) is 11.8 Å². The first-order chi connectivity index (χ1) is 11.7. The standard InChI is InChI=1S/C19H17NO3S/c21-18(16-11-12-5-1-2-6-13(12)19(22)23-16)20-15-9-10-24-17-8-4-3-7-14(15)17/h1-8,15-16H,9-11H2,(H,20,21)/t15-,16-/m1/s1. The van der Waals surface area contributed by atoms with E-state index in [2.05, 4.69) is 17.4 Å². The summed E-state index contributed by atoms with van der Waals surface area (Å²) in [4.78, 5) is 25.9. The van der Waals surface area contributed by atoms with Crippen molar-refractivity contribution in [3.05, 3.63) is 65.2 Å². The lowest BCUT2D eigenvalue weighted by atomic mass is 9.97. The Morgan fingerprint density at radius 2 is 1.92 bits per heavy atom. The Bertz CT molecular complexity index is 805. The molecule has 5 heteroatoms. The number of fused-ring (bicyclic) bond motifs is 2. The summed E-state index contributed by atoms with van der Waals surface area (Å²) in [5, 5.41) is 3.07. The number of carbonyl (C=O) groups is 2. The second-order valence-corrected chi connectivity index (χ2v) is 7.13. The summed E-state index contributed by atoms with van der Waals surface area (Å²) in [7, 11) is 0. The van der Waals surface area contributed by atoms with Crippen molar-refractivity contribution in [3.63, 3.8) is 0 Å². The molecule has 24 heavy (non-hydrogen) atoms. The molecule has 4 rings (SSSR count). The Morgan fingerprint density at radius 3 is 2.83 bits per heavy atom. The number of hydrogen-bond donors (Lipinski definition) is 1. The fourth-order valence-electron chi connectivity index (χ4n) is 3.23. The van der Waals surface area contributed by atoms with Gasteiger partial charge >= 0.3 is 5.97 Å². The van der Waals surface area contributed by atoms with Crippen molar-refractivity contribution in [2.24, 2.45) is 0 Å². The van der Waals surface area contributed by atoms with Crippen LogP contribution in [0.3, 0.4) is 0 Å². The number of hydrogen-bond acceptors (Lipinski definition) is 4. The van der Waals surface area contributed by atoms with Gasteiger partial charge in [-0.05, 0) is 29.7 Å². The van der Waals surface area contributed by atoms with Crippen LogP contribution in [0.5, 0.6) is 0 Å². The summed E-state index contributed by atoms with van der Waals surface area (Å²) in [5.74, 6) is 0.330. The minimum Gasteiger partial charge on any atom is -0.448 e. The highest BCUT2D eigenvalue weighted by molar-refractivity contribution is 7.99. The van der Waals surface area contributed by atoms with Crippen LogP contribution in [-0.4, -0.2) is 23.7 Å². The smallest absolute Gasteiger partial charge is 0.339 e. The zero-order valence-corrected chi connectivity index (χ0v) is 13.8. The average molecular weight is 339 g/mol. The van der Waals surface area contributed by atoms with Crippen molar-refractivity contribution in [1.29, 1.82) is 0 Å². The molecule has 0 spiro atoms. The summed E-state index contributed by atoms with van der Waals surface area (Å²) in [6, 6.07) is 15.4. The van der Waals surface area contributed by atoms with E-state index < -0.39 is 12.1 Å². The van der Waals surface area contributed by atoms with Crippen LogP contribution in [0.1, 0.15) is 33.9 Å². The molecule has 2 aliphatic rings. The van der Waals surface area contributed by atoms with Gasteiger partial charge in [-0.2, -0.15) is 0 Å². The van der Waals surface area contributed by atoms with Gasteiger partial charge in [0.25, 0.3) is 5.91 Å². The van der Waals surface area contributed by atoms with Gasteiger partial charge in [0.05, 0.1) is 11.6 Å². The van der Waals surface area contributed by atoms with Gasteiger partial charge in [-0.1, -0.05) is 36.4 Å². The zero-order valence-electron chi connectivity index (χ0n) is 13.0. The maximum absolute atomic E-state index is 12.6. The summed E-state index contributed by atoms with van der Waals surface area (Å²) in [6.45, 7) is 0. The molecule has 2 aromatic carbocycles. The molecule has 122 valence electrons. The van der Waals surface area contributed by atoms with E-state index in [1.165, 1.54) is 4.90 Å². The van der Waals surface area contributed by atoms with Crippen molar-refractivity contribution < 1.29 is 14.3 Å². The lowest BCUT2D eigenvalue weighted by Gasteiger charge is -2.29. The SMILES string of the molecule is O=C1O[C@@H](C(=O)N[C@@H]2CCSc3ccccc32)Cc2ccccc21. The number of amides is 1. The van der Waals surface area contributed by atoms with Gasteiger partial charge in [-0.25, -0.2) is 4.79 Å². The predicted molar refractivity (Wildman–Crippen MR) is 92.0 cm³/mol. The molecule has 0 saturated carbocycles. The molecule has 0 radical (unpaired) electrons. The molecule has 2 aliphatic heterocycles. The van der Waals surface area contributed by atoms with E-state index in [0.29, 0.717) is 12.0 Å². The second kappa shape index (κ2) is 6.32. The van der Waals surface area contributed by atoms with Gasteiger partial charge in [0.15, 0.2) is 6.10 Å². The number of nitrogens with one attached hydrogen (secondary N) is 1. The molecule has 2 aromatic rings. The van der Waals surface area contributed by atoms with Gasteiger partial charge in [0, 0.05) is 17.1 Å². The molecule has 1 amide bonds. The molecule has 0 bridgehead atoms. The van der Waals surface area contributed by atoms with E-state index in [1.807, 2.05) is 36.0 Å². The fraction of sp³-hybridized carbons (Fsp3) is 0.263. The lowest BCUT2D eigenvalue weighted by Crippen LogP contribution is -2.43. The third-order valence-corrected chi connectivity index (χ3v) is 5.58. The van der Waals surface area contributed by atoms with E-state index in [0.717, 1.165) is 23.3 Å². The summed E-state index contributed by atoms with van der Waals surface area (Å²) in [5.41, 5.74) is 2.57. The second-order valence-electron chi connectivity index (χ2n) is 5.99. The van der Waals surface area contributed by atoms with Gasteiger partial charge < -0.3 is 10.1 Å². The predicted octanol–water partition coefficient (Wildman–Crippen LogP) is 3.12. The number of benzene rings is 2. The monoisotopic (exact) mass is 339 g/mol. The van der Waals surface area contributed by atoms with Crippen LogP contribution >= 0.6 is 11.8 Å². The number of ether oxygens (including phenoxy) is 1. The molecule has 0 unspecified atom stereocenters. The highest BCUT2D eigenvalue weighted by Gasteiger charge is 2.33. The number of cyclic esters (lactones) is 1. The Labute approximate surface area is 144 Å². The quantitative estimate of drug-likeness (QED) is 0.854. The molecule has 1 N–H and O–H groups in total. The van der Waals surface area contributed by atoms with Crippen LogP contribution in [0.4, 0.5) is 0 Å². The normalized spacial score (nSPS) is 22.1. The highest BCUT2D eigenvalue weighted by Crippen LogP contribution is 2.36. The van der Waals surface area contributed by atoms with Crippen LogP contribution in [0, 0.1) is 0 Å². The first-order valence-corrected chi connectivity index (χ1v) is 9.02. The van der Waals surface area contributed by atoms with Crippen LogP contribution in [0.15, 0.2) is 53.4 Å². The van der Waals surface area contributed by atoms with E-state index in [9.17, 15) is 9.59 Å². The van der Waals surface area contributed by atoms with E-state index in [-0.39, 0.29) is 11.9 Å². The molecule has 0 aromatic heterocycles. The molecule has 0 aliphatic carbocycles. The fourth-order valence-corrected chi connectivity index (χ4v) is 4.36. The zero-order chi connectivity index (χ0) is 16.5. The third kappa shape index (κ3) is 2.80. The lowest BCUT2D eigenvalue weighted by molar-refractivity contribution is -0.131. The molecule has 0 fully saturated rings. The first kappa shape index (κ1) is 15.3. The van der Waals surface area contributed by atoms with E-state index >= 15 is 0 Å².